The van der Waals surface area contributed by atoms with Gasteiger partial charge in [-0.2, -0.15) is 4.98 Å². The van der Waals surface area contributed by atoms with Crippen molar-refractivity contribution in [3.8, 4) is 0 Å². The number of nitrogens with zero attached hydrogens (tertiary/aromatic N) is 13. The minimum atomic E-state index is -0.635. The molecule has 0 radical (unpaired) electrons. The highest BCUT2D eigenvalue weighted by Crippen LogP contribution is 2.28. The molecule has 0 bridgehead atoms. The number of hydrogen-bond acceptors (Lipinski definition) is 19. The third kappa shape index (κ3) is 27.8. The minimum Gasteiger partial charge on any atom is -0.368 e. The lowest BCUT2D eigenvalue weighted by Crippen LogP contribution is -2.41. The molecular weight excluding hydrogens is 2010 g/mol. The van der Waals surface area contributed by atoms with Crippen LogP contribution in [0.4, 0.5) is 11.6 Å². The Labute approximate surface area is 727 Å². The summed E-state index contributed by atoms with van der Waals surface area (Å²) in [6, 6.07) is 42.1. The summed E-state index contributed by atoms with van der Waals surface area (Å²) in [6.07, 6.45) is 3.99. The summed E-state index contributed by atoms with van der Waals surface area (Å²) in [5, 5.41) is 0.690. The van der Waals surface area contributed by atoms with E-state index >= 15 is 0 Å². The van der Waals surface area contributed by atoms with Crippen LogP contribution in [0.2, 0.25) is 0 Å². The average molecular weight is 2100 g/mol. The van der Waals surface area contributed by atoms with Crippen LogP contribution in [0.3, 0.4) is 0 Å². The number of carbonyl (C=O) groups excluding carboxylic acids is 10. The molecule has 1 aliphatic heterocycles. The maximum Gasteiger partial charge on any atom is 0.262 e. The summed E-state index contributed by atoms with van der Waals surface area (Å²) in [6.45, 7) is 13.2. The van der Waals surface area contributed by atoms with Gasteiger partial charge in [0.15, 0.2) is 22.0 Å². The molecule has 0 saturated carbocycles. The Morgan fingerprint density at radius 2 is 1.09 bits per heavy atom. The van der Waals surface area contributed by atoms with Crippen LogP contribution in [0.5, 0.6) is 0 Å². The molecule has 112 heavy (non-hydrogen) atoms. The van der Waals surface area contributed by atoms with Gasteiger partial charge in [0.1, 0.15) is 28.6 Å². The number of aromatic nitrogens is 6. The number of likely N-dealkylation sites (tertiary alicyclic amines) is 1. The first-order chi connectivity index (χ1) is 52.9. The predicted octanol–water partition coefficient (Wildman–Crippen LogP) is 13.6. The third-order valence-electron chi connectivity index (χ3n) is 17.7. The first kappa shape index (κ1) is 93.1. The molecule has 4 amide bonds. The van der Waals surface area contributed by atoms with Gasteiger partial charge in [-0.25, -0.2) is 15.0 Å². The first-order valence-electron chi connectivity index (χ1n) is 35.5. The van der Waals surface area contributed by atoms with E-state index < -0.39 is 6.04 Å². The fraction of sp³-hybridized carbons (Fsp3) is 0.341. The Kier molecular flexibility index (Phi) is 37.2. The second-order valence-electron chi connectivity index (χ2n) is 27.2. The Hall–Kier alpha value is -7.79. The SMILES string of the molecule is CC(=O)CC[C@@H](C(C)=O)N(C)C(=O)c1ccc(N(C)Cc2cnc3nc(N(C)C)nc(C)c3n2)c(I)c1.CC(=O)CN(C)C(=O)c1ccc(I)cc1.CC(=O)CN(C)C(=O)c1cccc(I)c1.CC(=O)CN(C)C(=O)c1ccccc1I.Cn1c(=S)n(CCN2CCC(C(=O)c3ccc(I)cc3)CC2)c(=O)c2ccccc21. The summed E-state index contributed by atoms with van der Waals surface area (Å²) in [5.74, 6) is 0.0968. The van der Waals surface area contributed by atoms with E-state index in [9.17, 15) is 52.7 Å². The third-order valence-corrected chi connectivity index (χ3v) is 22.1. The quantitative estimate of drug-likeness (QED) is 0.0309. The molecule has 1 saturated heterocycles. The highest BCUT2D eigenvalue weighted by atomic mass is 127. The van der Waals surface area contributed by atoms with Gasteiger partial charge in [-0.3, -0.25) is 52.5 Å². The molecule has 30 heteroatoms. The van der Waals surface area contributed by atoms with Gasteiger partial charge in [0.2, 0.25) is 5.95 Å². The second-order valence-corrected chi connectivity index (χ2v) is 33.7. The molecule has 1 atom stereocenters. The maximum absolute atomic E-state index is 13.1. The zero-order valence-electron chi connectivity index (χ0n) is 65.1. The smallest absolute Gasteiger partial charge is 0.262 e. The molecule has 24 nitrogen and oxygen atoms in total. The lowest BCUT2D eigenvalue weighted by atomic mass is 9.89. The van der Waals surface area contributed by atoms with Crippen molar-refractivity contribution in [2.75, 3.05) is 98.4 Å². The Morgan fingerprint density at radius 1 is 0.554 bits per heavy atom. The van der Waals surface area contributed by atoms with E-state index in [-0.39, 0.29) is 95.9 Å². The second kappa shape index (κ2) is 44.8. The van der Waals surface area contributed by atoms with Crippen LogP contribution in [0.1, 0.15) is 123 Å². The average Bonchev–Trinajstić information content (AvgIpc) is 0.776. The van der Waals surface area contributed by atoms with Gasteiger partial charge in [0.25, 0.3) is 29.2 Å². The molecule has 1 aliphatic rings. The van der Waals surface area contributed by atoms with E-state index in [1.165, 1.54) is 54.2 Å². The molecule has 0 spiro atoms. The van der Waals surface area contributed by atoms with Crippen molar-refractivity contribution in [2.24, 2.45) is 13.0 Å². The van der Waals surface area contributed by atoms with E-state index in [0.29, 0.717) is 69.0 Å². The van der Waals surface area contributed by atoms with Crippen LogP contribution >= 0.6 is 125 Å². The number of fused-ring (bicyclic) bond motifs is 2. The van der Waals surface area contributed by atoms with Crippen LogP contribution in [0, 0.1) is 35.5 Å². The highest BCUT2D eigenvalue weighted by Gasteiger charge is 2.28. The summed E-state index contributed by atoms with van der Waals surface area (Å²) < 4.78 is 9.15. The highest BCUT2D eigenvalue weighted by molar-refractivity contribution is 14.1. The number of halogens is 5. The van der Waals surface area contributed by atoms with Crippen molar-refractivity contribution < 1.29 is 47.9 Å². The molecule has 0 aliphatic carbocycles. The van der Waals surface area contributed by atoms with Crippen LogP contribution in [-0.2, 0) is 44.1 Å². The lowest BCUT2D eigenvalue weighted by Gasteiger charge is -2.31. The monoisotopic (exact) mass is 2100 g/mol. The number of benzene rings is 6. The summed E-state index contributed by atoms with van der Waals surface area (Å²) in [5.41, 5.74) is 7.66. The topological polar surface area (TPSA) is 272 Å². The minimum absolute atomic E-state index is 0.00820. The van der Waals surface area contributed by atoms with Crippen LogP contribution < -0.4 is 15.4 Å². The molecule has 1 fully saturated rings. The van der Waals surface area contributed by atoms with Gasteiger partial charge in [0.05, 0.1) is 72.0 Å². The molecule has 0 N–H and O–H groups in total. The number of carbonyl (C=O) groups is 10. The Bertz CT molecular complexity index is 5040. The van der Waals surface area contributed by atoms with Gasteiger partial charge in [-0.1, -0.05) is 42.5 Å². The number of amides is 4. The standard InChI is InChI=1S/C26H32IN7O3.C23H24IN3O2S.3C11H12INO2/c1-15(35)8-10-21(17(3)36)34(7)25(37)18-9-11-22(20(27)12-18)33(6)14-19-13-28-24-23(30-19)16(2)29-26(31-24)32(4)5;1-25-20-5-3-2-4-19(20)22(29)27(23(25)30)15-14-26-12-10-17(11-13-26)21(28)16-6-8-18(24)9-7-16;1-8(14)7-13(2)11(15)9-3-5-10(12)6-4-9;1-8(14)7-13(2)11(15)9-4-3-5-10(12)6-9;1-8(14)7-13(2)11(15)9-5-3-4-6-10(9)12/h9,11-13,21H,8,10,14H2,1-7H3;2-9,17H,10-15H2,1H3;3*3-6H,7H2,1-2H3/t21-;;;;/m0..../s1. The van der Waals surface area contributed by atoms with Gasteiger partial charge in [-0.15, -0.1) is 0 Å². The number of aryl methyl sites for hydroxylation is 2. The summed E-state index contributed by atoms with van der Waals surface area (Å²) in [7, 11) is 14.1. The largest absolute Gasteiger partial charge is 0.368 e. The number of likely N-dealkylation sites (N-methyl/N-ethyl adjacent to an activating group) is 4. The van der Waals surface area contributed by atoms with Crippen molar-refractivity contribution >= 4 is 217 Å². The number of rotatable bonds is 24. The molecule has 0 unspecified atom stereocenters. The van der Waals surface area contributed by atoms with Crippen molar-refractivity contribution in [1.29, 1.82) is 0 Å². The Morgan fingerprint density at radius 3 is 1.63 bits per heavy atom. The van der Waals surface area contributed by atoms with Gasteiger partial charge >= 0.3 is 0 Å². The van der Waals surface area contributed by atoms with Crippen LogP contribution in [0.15, 0.2) is 151 Å². The zero-order valence-corrected chi connectivity index (χ0v) is 76.7. The van der Waals surface area contributed by atoms with E-state index in [2.05, 4.69) is 133 Å². The van der Waals surface area contributed by atoms with Gasteiger partial charge < -0.3 is 43.7 Å². The fourth-order valence-corrected chi connectivity index (χ4v) is 14.9. The van der Waals surface area contributed by atoms with Gasteiger partial charge in [-0.05, 0) is 296 Å². The number of ketones is 6. The first-order valence-corrected chi connectivity index (χ1v) is 41.3. The van der Waals surface area contributed by atoms with Crippen molar-refractivity contribution in [3.05, 3.63) is 218 Å². The lowest BCUT2D eigenvalue weighted by molar-refractivity contribution is -0.122. The molecule has 6 aromatic carbocycles. The number of piperidine rings is 1. The van der Waals surface area contributed by atoms with Crippen molar-refractivity contribution in [3.63, 3.8) is 0 Å². The van der Waals surface area contributed by atoms with E-state index in [1.807, 2.05) is 147 Å². The molecule has 9 aromatic rings. The molecule has 10 rings (SSSR count). The number of para-hydroxylation sites is 1. The maximum atomic E-state index is 13.1. The molecule has 592 valence electrons. The molecular formula is C82H92I5N13O11S. The molecule has 4 heterocycles. The number of Topliss-reactive ketones (excluding diaryl/α,β-unsaturated/α-hetero) is 6. The van der Waals surface area contributed by atoms with Crippen LogP contribution in [0.25, 0.3) is 22.1 Å². The fourth-order valence-electron chi connectivity index (χ4n) is 11.9. The van der Waals surface area contributed by atoms with Crippen molar-refractivity contribution in [1.82, 2.24) is 53.6 Å². The predicted molar refractivity (Wildman–Crippen MR) is 483 cm³/mol. The van der Waals surface area contributed by atoms with Crippen LogP contribution in [-0.4, -0.2) is 207 Å². The Balaban J connectivity index is 0.000000232. The summed E-state index contributed by atoms with van der Waals surface area (Å²) in [4.78, 5) is 160. The summed E-state index contributed by atoms with van der Waals surface area (Å²) >= 11 is 16.4. The zero-order chi connectivity index (χ0) is 83.0. The van der Waals surface area contributed by atoms with Gasteiger partial charge in [0, 0.05) is 122 Å². The van der Waals surface area contributed by atoms with Crippen molar-refractivity contribution in [2.45, 2.75) is 86.4 Å². The van der Waals surface area contributed by atoms with E-state index in [1.54, 1.807) is 81.4 Å². The number of hydrogen-bond donors (Lipinski definition) is 0. The molecule has 3 aromatic heterocycles. The normalized spacial score (nSPS) is 12.0. The van der Waals surface area contributed by atoms with E-state index in [4.69, 9.17) is 17.2 Å². The van der Waals surface area contributed by atoms with E-state index in [0.717, 1.165) is 78.5 Å². The number of anilines is 2.